The number of hydrogen-bond acceptors (Lipinski definition) is 5. The number of hydrogen-bond donors (Lipinski definition) is 3. The molecule has 1 aliphatic heterocycles. The zero-order valence-electron chi connectivity index (χ0n) is 17.5. The first-order valence-electron chi connectivity index (χ1n) is 10.1. The van der Waals surface area contributed by atoms with Gasteiger partial charge in [-0.25, -0.2) is 0 Å². The number of fused-ring (bicyclic) bond motifs is 3. The number of phenolic OH excluding ortho intramolecular Hbond substituents is 1. The van der Waals surface area contributed by atoms with Gasteiger partial charge in [-0.1, -0.05) is 27.2 Å². The molecular weight excluding hydrogens is 532 g/mol. The number of methoxy groups -OCH3 is 1. The molecule has 0 saturated carbocycles. The molecule has 0 bridgehead atoms. The van der Waals surface area contributed by atoms with Gasteiger partial charge in [0.25, 0.3) is 5.91 Å². The van der Waals surface area contributed by atoms with Gasteiger partial charge in [-0.3, -0.25) is 4.79 Å². The Kier molecular flexibility index (Phi) is 5.87. The van der Waals surface area contributed by atoms with E-state index in [1.165, 1.54) is 17.6 Å². The Labute approximate surface area is 197 Å². The monoisotopic (exact) mass is 556 g/mol. The number of benzene rings is 1. The highest BCUT2D eigenvalue weighted by molar-refractivity contribution is 9.13. The highest BCUT2D eigenvalue weighted by Crippen LogP contribution is 2.49. The molecule has 30 heavy (non-hydrogen) atoms. The minimum Gasteiger partial charge on any atom is -0.504 e. The van der Waals surface area contributed by atoms with Crippen molar-refractivity contribution in [3.05, 3.63) is 36.6 Å². The SMILES string of the molecule is CCC(C)(C)[C@H]1CCc2c(sc3c2C(=O)N[C@@H](c2c(O)c(OC)cc(Br)c2Br)N3)C1. The molecule has 3 N–H and O–H groups in total. The third-order valence-corrected chi connectivity index (χ3v) is 9.96. The van der Waals surface area contributed by atoms with Gasteiger partial charge >= 0.3 is 0 Å². The van der Waals surface area contributed by atoms with Gasteiger partial charge in [-0.15, -0.1) is 11.3 Å². The van der Waals surface area contributed by atoms with Gasteiger partial charge in [-0.2, -0.15) is 0 Å². The first-order chi connectivity index (χ1) is 14.2. The van der Waals surface area contributed by atoms with E-state index in [4.69, 9.17) is 4.74 Å². The molecule has 4 rings (SSSR count). The molecule has 2 atom stereocenters. The third-order valence-electron chi connectivity index (χ3n) is 6.76. The standard InChI is InChI=1S/C22H26Br2N2O3S/c1-5-22(2,3)10-6-7-11-14(8-10)30-21-15(11)20(28)25-19(26-21)16-17(24)12(23)9-13(29-4)18(16)27/h9-10,19,26-27H,5-8H2,1-4H3,(H,25,28)/t10-,19+/m0/s1. The molecule has 0 fully saturated rings. The van der Waals surface area contributed by atoms with Crippen LogP contribution >= 0.6 is 43.2 Å². The molecule has 2 heterocycles. The lowest BCUT2D eigenvalue weighted by atomic mass is 9.69. The molecule has 1 aliphatic carbocycles. The number of carbonyl (C=O) groups excluding carboxylic acids is 1. The summed E-state index contributed by atoms with van der Waals surface area (Å²) in [7, 11) is 1.51. The van der Waals surface area contributed by atoms with E-state index in [9.17, 15) is 9.90 Å². The smallest absolute Gasteiger partial charge is 0.256 e. The van der Waals surface area contributed by atoms with Crippen LogP contribution in [0.25, 0.3) is 0 Å². The van der Waals surface area contributed by atoms with Crippen LogP contribution in [-0.4, -0.2) is 18.1 Å². The number of halogens is 2. The number of rotatable bonds is 4. The number of thiophene rings is 1. The zero-order chi connectivity index (χ0) is 21.8. The summed E-state index contributed by atoms with van der Waals surface area (Å²) in [5.74, 6) is 0.878. The van der Waals surface area contributed by atoms with Crippen LogP contribution in [0.15, 0.2) is 15.0 Å². The van der Waals surface area contributed by atoms with Gasteiger partial charge in [-0.05, 0) is 74.1 Å². The maximum atomic E-state index is 13.1. The molecule has 0 saturated heterocycles. The van der Waals surface area contributed by atoms with Crippen LogP contribution in [0.1, 0.15) is 66.1 Å². The molecular formula is C22H26Br2N2O3S. The number of aromatic hydroxyl groups is 1. The van der Waals surface area contributed by atoms with E-state index in [-0.39, 0.29) is 11.7 Å². The highest BCUT2D eigenvalue weighted by Gasteiger charge is 2.38. The lowest BCUT2D eigenvalue weighted by molar-refractivity contribution is 0.0934. The van der Waals surface area contributed by atoms with Crippen LogP contribution in [0.5, 0.6) is 11.5 Å². The molecule has 0 unspecified atom stereocenters. The summed E-state index contributed by atoms with van der Waals surface area (Å²) in [6.45, 7) is 6.95. The summed E-state index contributed by atoms with van der Waals surface area (Å²) < 4.78 is 6.70. The van der Waals surface area contributed by atoms with Gasteiger partial charge in [0.05, 0.1) is 18.2 Å². The number of ether oxygens (including phenoxy) is 1. The Balaban J connectivity index is 1.70. The summed E-state index contributed by atoms with van der Waals surface area (Å²) in [5, 5.41) is 18.1. The summed E-state index contributed by atoms with van der Waals surface area (Å²) in [6, 6.07) is 1.69. The molecule has 0 spiro atoms. The van der Waals surface area contributed by atoms with Crippen molar-refractivity contribution < 1.29 is 14.6 Å². The first-order valence-corrected chi connectivity index (χ1v) is 12.5. The lowest BCUT2D eigenvalue weighted by Crippen LogP contribution is -2.38. The zero-order valence-corrected chi connectivity index (χ0v) is 21.5. The molecule has 2 aromatic rings. The van der Waals surface area contributed by atoms with E-state index >= 15 is 0 Å². The van der Waals surface area contributed by atoms with Crippen molar-refractivity contribution in [2.75, 3.05) is 12.4 Å². The van der Waals surface area contributed by atoms with Crippen LogP contribution in [0.4, 0.5) is 5.00 Å². The molecule has 1 amide bonds. The molecule has 1 aromatic heterocycles. The fourth-order valence-corrected chi connectivity index (χ4v) is 6.74. The predicted octanol–water partition coefficient (Wildman–Crippen LogP) is 6.38. The Morgan fingerprint density at radius 3 is 2.73 bits per heavy atom. The number of carbonyl (C=O) groups is 1. The summed E-state index contributed by atoms with van der Waals surface area (Å²) in [4.78, 5) is 14.4. The maximum Gasteiger partial charge on any atom is 0.256 e. The van der Waals surface area contributed by atoms with Gasteiger partial charge < -0.3 is 20.5 Å². The van der Waals surface area contributed by atoms with E-state index in [1.54, 1.807) is 17.4 Å². The summed E-state index contributed by atoms with van der Waals surface area (Å²) >= 11 is 8.71. The van der Waals surface area contributed by atoms with Gasteiger partial charge in [0.1, 0.15) is 11.2 Å². The van der Waals surface area contributed by atoms with E-state index in [2.05, 4.69) is 63.3 Å². The van der Waals surface area contributed by atoms with Crippen molar-refractivity contribution in [3.8, 4) is 11.5 Å². The molecule has 2 aliphatic rings. The highest BCUT2D eigenvalue weighted by atomic mass is 79.9. The van der Waals surface area contributed by atoms with Crippen LogP contribution in [-0.2, 0) is 12.8 Å². The third kappa shape index (κ3) is 3.54. The Hall–Kier alpha value is -1.25. The predicted molar refractivity (Wildman–Crippen MR) is 128 cm³/mol. The fraction of sp³-hybridized carbons (Fsp3) is 0.500. The maximum absolute atomic E-state index is 13.1. The topological polar surface area (TPSA) is 70.6 Å². The molecule has 162 valence electrons. The van der Waals surface area contributed by atoms with E-state index in [0.717, 1.165) is 40.7 Å². The Morgan fingerprint density at radius 2 is 2.07 bits per heavy atom. The molecule has 1 aromatic carbocycles. The normalized spacial score (nSPS) is 20.8. The van der Waals surface area contributed by atoms with E-state index in [0.29, 0.717) is 27.1 Å². The average Bonchev–Trinajstić information content (AvgIpc) is 3.09. The van der Waals surface area contributed by atoms with Crippen LogP contribution in [0.3, 0.4) is 0 Å². The van der Waals surface area contributed by atoms with Crippen LogP contribution in [0.2, 0.25) is 0 Å². The molecule has 0 radical (unpaired) electrons. The molecule has 8 heteroatoms. The second-order valence-corrected chi connectivity index (χ2v) is 11.4. The molecule has 5 nitrogen and oxygen atoms in total. The average molecular weight is 558 g/mol. The van der Waals surface area contributed by atoms with E-state index in [1.807, 2.05) is 0 Å². The summed E-state index contributed by atoms with van der Waals surface area (Å²) in [6.07, 6.45) is 3.66. The minimum atomic E-state index is -0.561. The summed E-state index contributed by atoms with van der Waals surface area (Å²) in [5.41, 5.74) is 2.80. The number of anilines is 1. The minimum absolute atomic E-state index is 0.0000890. The van der Waals surface area contributed by atoms with E-state index < -0.39 is 6.17 Å². The van der Waals surface area contributed by atoms with Crippen molar-refractivity contribution in [1.29, 1.82) is 0 Å². The second kappa shape index (κ2) is 8.02. The first kappa shape index (κ1) is 22.0. The van der Waals surface area contributed by atoms with Crippen molar-refractivity contribution in [1.82, 2.24) is 5.32 Å². The number of nitrogens with one attached hydrogen (secondary N) is 2. The Morgan fingerprint density at radius 1 is 1.33 bits per heavy atom. The number of amides is 1. The van der Waals surface area contributed by atoms with Crippen LogP contribution < -0.4 is 15.4 Å². The van der Waals surface area contributed by atoms with Crippen molar-refractivity contribution >= 4 is 54.1 Å². The fourth-order valence-electron chi connectivity index (χ4n) is 4.43. The largest absolute Gasteiger partial charge is 0.504 e. The van der Waals surface area contributed by atoms with Gasteiger partial charge in [0.15, 0.2) is 11.5 Å². The van der Waals surface area contributed by atoms with Crippen molar-refractivity contribution in [2.45, 2.75) is 52.6 Å². The number of phenols is 1. The Bertz CT molecular complexity index is 1020. The van der Waals surface area contributed by atoms with Gasteiger partial charge in [0, 0.05) is 13.8 Å². The van der Waals surface area contributed by atoms with Crippen molar-refractivity contribution in [2.24, 2.45) is 11.3 Å². The lowest BCUT2D eigenvalue weighted by Gasteiger charge is -2.36. The second-order valence-electron chi connectivity index (χ2n) is 8.68. The van der Waals surface area contributed by atoms with Crippen LogP contribution in [0, 0.1) is 11.3 Å². The van der Waals surface area contributed by atoms with Gasteiger partial charge in [0.2, 0.25) is 0 Å². The van der Waals surface area contributed by atoms with Crippen molar-refractivity contribution in [3.63, 3.8) is 0 Å². The quantitative estimate of drug-likeness (QED) is 0.408.